The Hall–Kier alpha value is -2.14. The molecule has 0 amide bonds. The number of aromatic nitrogens is 2. The van der Waals surface area contributed by atoms with Crippen LogP contribution in [0.4, 0.5) is 11.4 Å². The smallest absolute Gasteiger partial charge is 0.345 e. The lowest BCUT2D eigenvalue weighted by Gasteiger charge is -2.12. The fourth-order valence-electron chi connectivity index (χ4n) is 1.77. The number of benzene rings is 1. The molecule has 1 aromatic carbocycles. The second-order valence-electron chi connectivity index (χ2n) is 4.05. The van der Waals surface area contributed by atoms with E-state index >= 15 is 0 Å². The highest BCUT2D eigenvalue weighted by Crippen LogP contribution is 2.21. The van der Waals surface area contributed by atoms with Crippen LogP contribution in [-0.4, -0.2) is 16.5 Å². The van der Waals surface area contributed by atoms with Crippen LogP contribution in [0.2, 0.25) is 0 Å². The number of H-pyrrole nitrogens is 1. The van der Waals surface area contributed by atoms with Crippen LogP contribution in [0, 0.1) is 6.92 Å². The van der Waals surface area contributed by atoms with Gasteiger partial charge >= 0.3 is 5.69 Å². The summed E-state index contributed by atoms with van der Waals surface area (Å²) in [5, 5.41) is 3.26. The predicted octanol–water partition coefficient (Wildman–Crippen LogP) is 1.32. The Kier molecular flexibility index (Phi) is 3.74. The van der Waals surface area contributed by atoms with E-state index in [4.69, 9.17) is 5.73 Å². The van der Waals surface area contributed by atoms with Gasteiger partial charge < -0.3 is 16.0 Å². The number of anilines is 2. The van der Waals surface area contributed by atoms with Crippen LogP contribution in [0.5, 0.6) is 0 Å². The molecule has 0 unspecified atom stereocenters. The van der Waals surface area contributed by atoms with Crippen molar-refractivity contribution < 1.29 is 0 Å². The molecule has 0 saturated carbocycles. The highest BCUT2D eigenvalue weighted by molar-refractivity contribution is 5.63. The second-order valence-corrected chi connectivity index (χ2v) is 4.05. The summed E-state index contributed by atoms with van der Waals surface area (Å²) in [5.41, 5.74) is 8.93. The first-order valence-corrected chi connectivity index (χ1v) is 5.81. The van der Waals surface area contributed by atoms with E-state index in [1.165, 1.54) is 6.20 Å². The molecule has 0 aliphatic heterocycles. The van der Waals surface area contributed by atoms with E-state index in [1.54, 1.807) is 0 Å². The molecule has 1 aromatic heterocycles. The Labute approximate surface area is 105 Å². The molecule has 0 aliphatic rings. The van der Waals surface area contributed by atoms with Gasteiger partial charge in [-0.1, -0.05) is 18.2 Å². The van der Waals surface area contributed by atoms with Gasteiger partial charge in [0.2, 0.25) is 0 Å². The van der Waals surface area contributed by atoms with Gasteiger partial charge in [0, 0.05) is 11.4 Å². The average molecular weight is 244 g/mol. The van der Waals surface area contributed by atoms with Crippen molar-refractivity contribution >= 4 is 11.4 Å². The van der Waals surface area contributed by atoms with Crippen LogP contribution in [0.15, 0.2) is 35.3 Å². The van der Waals surface area contributed by atoms with Crippen LogP contribution in [0.3, 0.4) is 0 Å². The Morgan fingerprint density at radius 3 is 2.83 bits per heavy atom. The minimum absolute atomic E-state index is 0.340. The second kappa shape index (κ2) is 5.46. The molecule has 5 nitrogen and oxygen atoms in total. The van der Waals surface area contributed by atoms with Crippen molar-refractivity contribution in [3.05, 3.63) is 52.2 Å². The van der Waals surface area contributed by atoms with E-state index in [9.17, 15) is 4.79 Å². The molecule has 94 valence electrons. The van der Waals surface area contributed by atoms with Gasteiger partial charge in [-0.15, -0.1) is 0 Å². The number of rotatable bonds is 4. The summed E-state index contributed by atoms with van der Waals surface area (Å²) in [7, 11) is 0. The molecule has 2 rings (SSSR count). The average Bonchev–Trinajstić information content (AvgIpc) is 2.35. The lowest BCUT2D eigenvalue weighted by molar-refractivity contribution is 0.969. The molecule has 0 atom stereocenters. The largest absolute Gasteiger partial charge is 0.353 e. The van der Waals surface area contributed by atoms with Crippen molar-refractivity contribution in [1.82, 2.24) is 9.97 Å². The zero-order valence-electron chi connectivity index (χ0n) is 10.2. The van der Waals surface area contributed by atoms with Gasteiger partial charge in [0.15, 0.2) is 0 Å². The molecule has 0 saturated heterocycles. The maximum atomic E-state index is 11.1. The Balaban J connectivity index is 2.30. The van der Waals surface area contributed by atoms with Gasteiger partial charge in [-0.2, -0.15) is 4.98 Å². The van der Waals surface area contributed by atoms with Gasteiger partial charge in [-0.05, 0) is 31.5 Å². The summed E-state index contributed by atoms with van der Waals surface area (Å²) < 4.78 is 0. The van der Waals surface area contributed by atoms with Gasteiger partial charge in [0.25, 0.3) is 0 Å². The minimum atomic E-state index is -0.340. The fraction of sp³-hybridized carbons (Fsp3) is 0.231. The summed E-state index contributed by atoms with van der Waals surface area (Å²) in [6, 6.07) is 7.95. The van der Waals surface area contributed by atoms with E-state index in [0.717, 1.165) is 29.1 Å². The molecular weight excluding hydrogens is 228 g/mol. The SMILES string of the molecule is Cc1[nH]c(=O)ncc1Nc1ccccc1CCN. The van der Waals surface area contributed by atoms with Gasteiger partial charge in [0.1, 0.15) is 0 Å². The molecule has 2 aromatic rings. The van der Waals surface area contributed by atoms with Gasteiger partial charge in [-0.3, -0.25) is 0 Å². The Morgan fingerprint density at radius 2 is 2.11 bits per heavy atom. The lowest BCUT2D eigenvalue weighted by atomic mass is 10.1. The van der Waals surface area contributed by atoms with Crippen molar-refractivity contribution in [2.45, 2.75) is 13.3 Å². The topological polar surface area (TPSA) is 83.8 Å². The third-order valence-electron chi connectivity index (χ3n) is 2.71. The summed E-state index contributed by atoms with van der Waals surface area (Å²) in [5.74, 6) is 0. The number of nitrogens with zero attached hydrogens (tertiary/aromatic N) is 1. The monoisotopic (exact) mass is 244 g/mol. The standard InChI is InChI=1S/C13H16N4O/c1-9-12(8-15-13(18)16-9)17-11-5-3-2-4-10(11)6-7-14/h2-5,8,17H,6-7,14H2,1H3,(H,15,16,18). The zero-order valence-corrected chi connectivity index (χ0v) is 10.2. The number of hydrogen-bond donors (Lipinski definition) is 3. The zero-order chi connectivity index (χ0) is 13.0. The van der Waals surface area contributed by atoms with Crippen molar-refractivity contribution in [2.75, 3.05) is 11.9 Å². The van der Waals surface area contributed by atoms with Gasteiger partial charge in [-0.25, -0.2) is 4.79 Å². The molecule has 5 heteroatoms. The Morgan fingerprint density at radius 1 is 1.33 bits per heavy atom. The van der Waals surface area contributed by atoms with Crippen LogP contribution < -0.4 is 16.7 Å². The van der Waals surface area contributed by atoms with E-state index in [-0.39, 0.29) is 5.69 Å². The fourth-order valence-corrected chi connectivity index (χ4v) is 1.77. The van der Waals surface area contributed by atoms with Crippen molar-refractivity contribution in [1.29, 1.82) is 0 Å². The normalized spacial score (nSPS) is 10.3. The van der Waals surface area contributed by atoms with Gasteiger partial charge in [0.05, 0.1) is 11.9 Å². The number of nitrogens with one attached hydrogen (secondary N) is 2. The van der Waals surface area contributed by atoms with Crippen LogP contribution >= 0.6 is 0 Å². The number of nitrogens with two attached hydrogens (primary N) is 1. The quantitative estimate of drug-likeness (QED) is 0.757. The van der Waals surface area contributed by atoms with Crippen molar-refractivity contribution in [2.24, 2.45) is 5.73 Å². The molecule has 0 aliphatic carbocycles. The molecule has 0 bridgehead atoms. The van der Waals surface area contributed by atoms with E-state index in [0.29, 0.717) is 6.54 Å². The third kappa shape index (κ3) is 2.75. The maximum Gasteiger partial charge on any atom is 0.345 e. The van der Waals surface area contributed by atoms with Crippen LogP contribution in [-0.2, 0) is 6.42 Å². The minimum Gasteiger partial charge on any atom is -0.353 e. The third-order valence-corrected chi connectivity index (χ3v) is 2.71. The van der Waals surface area contributed by atoms with Crippen molar-refractivity contribution in [3.8, 4) is 0 Å². The summed E-state index contributed by atoms with van der Waals surface area (Å²) >= 11 is 0. The number of hydrogen-bond acceptors (Lipinski definition) is 4. The van der Waals surface area contributed by atoms with E-state index < -0.39 is 0 Å². The number of aryl methyl sites for hydroxylation is 1. The summed E-state index contributed by atoms with van der Waals surface area (Å²) in [6.07, 6.45) is 2.34. The number of para-hydroxylation sites is 1. The van der Waals surface area contributed by atoms with E-state index in [2.05, 4.69) is 15.3 Å². The first-order valence-electron chi connectivity index (χ1n) is 5.81. The molecule has 4 N–H and O–H groups in total. The lowest BCUT2D eigenvalue weighted by Crippen LogP contribution is -2.12. The highest BCUT2D eigenvalue weighted by Gasteiger charge is 2.04. The first-order chi connectivity index (χ1) is 8.70. The molecule has 1 heterocycles. The van der Waals surface area contributed by atoms with Crippen molar-refractivity contribution in [3.63, 3.8) is 0 Å². The number of aromatic amines is 1. The maximum absolute atomic E-state index is 11.1. The molecule has 18 heavy (non-hydrogen) atoms. The predicted molar refractivity (Wildman–Crippen MR) is 72.1 cm³/mol. The molecule has 0 fully saturated rings. The first kappa shape index (κ1) is 12.3. The molecule has 0 spiro atoms. The van der Waals surface area contributed by atoms with E-state index in [1.807, 2.05) is 31.2 Å². The summed E-state index contributed by atoms with van der Waals surface area (Å²) in [6.45, 7) is 2.43. The van der Waals surface area contributed by atoms with Crippen LogP contribution in [0.25, 0.3) is 0 Å². The molecular formula is C13H16N4O. The Bertz CT molecular complexity index is 592. The molecule has 0 radical (unpaired) electrons. The summed E-state index contributed by atoms with van der Waals surface area (Å²) in [4.78, 5) is 17.4. The highest BCUT2D eigenvalue weighted by atomic mass is 16.1. The van der Waals surface area contributed by atoms with Crippen LogP contribution in [0.1, 0.15) is 11.3 Å².